The second kappa shape index (κ2) is 5.24. The Morgan fingerprint density at radius 1 is 1.00 bits per heavy atom. The van der Waals surface area contributed by atoms with Crippen LogP contribution in [0.25, 0.3) is 0 Å². The molecule has 0 saturated heterocycles. The van der Waals surface area contributed by atoms with Crippen molar-refractivity contribution in [3.63, 3.8) is 0 Å². The SMILES string of the molecule is Cc1ccc(S(=O)(=O)c2ccccc2)cc1S(=O)[O-]. The topological polar surface area (TPSA) is 74.3 Å². The van der Waals surface area contributed by atoms with Crippen LogP contribution in [0.3, 0.4) is 0 Å². The van der Waals surface area contributed by atoms with Crippen LogP contribution < -0.4 is 0 Å². The molecule has 0 radical (unpaired) electrons. The highest BCUT2D eigenvalue weighted by atomic mass is 32.2. The summed E-state index contributed by atoms with van der Waals surface area (Å²) in [5, 5.41) is 0. The van der Waals surface area contributed by atoms with Gasteiger partial charge in [-0.25, -0.2) is 8.42 Å². The molecule has 2 aromatic rings. The van der Waals surface area contributed by atoms with Crippen LogP contribution in [0.15, 0.2) is 63.2 Å². The summed E-state index contributed by atoms with van der Waals surface area (Å²) in [5.74, 6) is 0. The number of hydrogen-bond donors (Lipinski definition) is 0. The maximum absolute atomic E-state index is 12.3. The van der Waals surface area contributed by atoms with E-state index in [0.29, 0.717) is 5.56 Å². The molecule has 6 heteroatoms. The Morgan fingerprint density at radius 3 is 2.21 bits per heavy atom. The molecule has 2 aromatic carbocycles. The molecule has 1 unspecified atom stereocenters. The molecule has 0 heterocycles. The van der Waals surface area contributed by atoms with Gasteiger partial charge in [-0.1, -0.05) is 24.3 Å². The summed E-state index contributed by atoms with van der Waals surface area (Å²) in [6, 6.07) is 12.0. The average Bonchev–Trinajstić information content (AvgIpc) is 2.39. The zero-order valence-electron chi connectivity index (χ0n) is 10.1. The Labute approximate surface area is 114 Å². The largest absolute Gasteiger partial charge is 0.768 e. The minimum absolute atomic E-state index is 0.00277. The van der Waals surface area contributed by atoms with Gasteiger partial charge in [0.05, 0.1) is 9.79 Å². The van der Waals surface area contributed by atoms with E-state index in [9.17, 15) is 17.2 Å². The zero-order valence-corrected chi connectivity index (χ0v) is 11.7. The first-order valence-corrected chi connectivity index (χ1v) is 7.99. The number of benzene rings is 2. The van der Waals surface area contributed by atoms with Crippen molar-refractivity contribution in [2.45, 2.75) is 21.6 Å². The summed E-state index contributed by atoms with van der Waals surface area (Å²) >= 11 is -2.46. The van der Waals surface area contributed by atoms with Crippen molar-refractivity contribution in [1.29, 1.82) is 0 Å². The Balaban J connectivity index is 2.60. The summed E-state index contributed by atoms with van der Waals surface area (Å²) < 4.78 is 46.7. The Hall–Kier alpha value is -1.50. The second-order valence-corrected chi connectivity index (χ2v) is 6.84. The van der Waals surface area contributed by atoms with Crippen LogP contribution in [0, 0.1) is 6.92 Å². The lowest BCUT2D eigenvalue weighted by molar-refractivity contribution is 0.536. The van der Waals surface area contributed by atoms with Crippen molar-refractivity contribution in [3.05, 3.63) is 54.1 Å². The standard InChI is InChI=1S/C13H12O4S2/c1-10-7-8-12(9-13(10)18(14)15)19(16,17)11-5-3-2-4-6-11/h2-9H,1H3,(H,14,15)/p-1. The molecule has 0 saturated carbocycles. The van der Waals surface area contributed by atoms with Gasteiger partial charge in [-0.05, 0) is 47.8 Å². The minimum atomic E-state index is -3.69. The first-order valence-electron chi connectivity index (χ1n) is 5.43. The van der Waals surface area contributed by atoms with Crippen LogP contribution in [0.2, 0.25) is 0 Å². The number of aryl methyl sites for hydroxylation is 1. The van der Waals surface area contributed by atoms with Gasteiger partial charge in [0.25, 0.3) is 0 Å². The van der Waals surface area contributed by atoms with Gasteiger partial charge in [0.15, 0.2) is 0 Å². The van der Waals surface area contributed by atoms with Crippen molar-refractivity contribution < 1.29 is 17.2 Å². The molecule has 2 rings (SSSR count). The van der Waals surface area contributed by atoms with Gasteiger partial charge < -0.3 is 4.55 Å². The maximum Gasteiger partial charge on any atom is 0.206 e. The lowest BCUT2D eigenvalue weighted by atomic mass is 10.2. The van der Waals surface area contributed by atoms with E-state index in [4.69, 9.17) is 0 Å². The smallest absolute Gasteiger partial charge is 0.206 e. The van der Waals surface area contributed by atoms with Gasteiger partial charge in [0.2, 0.25) is 9.84 Å². The number of hydrogen-bond acceptors (Lipinski definition) is 4. The first kappa shape index (κ1) is 13.9. The Bertz CT molecular complexity index is 722. The van der Waals surface area contributed by atoms with Crippen LogP contribution in [-0.4, -0.2) is 17.2 Å². The molecule has 19 heavy (non-hydrogen) atoms. The molecular formula is C13H11O4S2-. The predicted octanol–water partition coefficient (Wildman–Crippen LogP) is 2.07. The molecule has 0 aliphatic rings. The fourth-order valence-corrected chi connectivity index (χ4v) is 3.60. The van der Waals surface area contributed by atoms with Gasteiger partial charge in [0.1, 0.15) is 0 Å². The monoisotopic (exact) mass is 295 g/mol. The van der Waals surface area contributed by atoms with E-state index >= 15 is 0 Å². The van der Waals surface area contributed by atoms with Crippen molar-refractivity contribution in [2.24, 2.45) is 0 Å². The van der Waals surface area contributed by atoms with E-state index in [1.165, 1.54) is 30.3 Å². The van der Waals surface area contributed by atoms with Gasteiger partial charge in [-0.2, -0.15) is 0 Å². The summed E-state index contributed by atoms with van der Waals surface area (Å²) in [6.07, 6.45) is 0. The highest BCUT2D eigenvalue weighted by Crippen LogP contribution is 2.24. The summed E-state index contributed by atoms with van der Waals surface area (Å²) in [4.78, 5) is 0.113. The molecule has 0 N–H and O–H groups in total. The molecule has 0 aliphatic heterocycles. The van der Waals surface area contributed by atoms with Crippen LogP contribution in [0.1, 0.15) is 5.56 Å². The molecule has 0 aromatic heterocycles. The number of sulfone groups is 1. The van der Waals surface area contributed by atoms with Crippen molar-refractivity contribution in [1.82, 2.24) is 0 Å². The third kappa shape index (κ3) is 2.75. The minimum Gasteiger partial charge on any atom is -0.768 e. The molecule has 0 amide bonds. The van der Waals surface area contributed by atoms with Gasteiger partial charge in [-0.3, -0.25) is 4.21 Å². The van der Waals surface area contributed by atoms with E-state index in [2.05, 4.69) is 0 Å². The van der Waals surface area contributed by atoms with Crippen LogP contribution in [0.4, 0.5) is 0 Å². The second-order valence-electron chi connectivity index (χ2n) is 3.98. The fraction of sp³-hybridized carbons (Fsp3) is 0.0769. The van der Waals surface area contributed by atoms with Crippen molar-refractivity contribution in [3.8, 4) is 0 Å². The third-order valence-electron chi connectivity index (χ3n) is 2.70. The van der Waals surface area contributed by atoms with E-state index in [0.717, 1.165) is 0 Å². The Morgan fingerprint density at radius 2 is 1.63 bits per heavy atom. The van der Waals surface area contributed by atoms with Crippen LogP contribution >= 0.6 is 0 Å². The van der Waals surface area contributed by atoms with E-state index < -0.39 is 20.9 Å². The normalized spacial score (nSPS) is 13.2. The molecule has 0 aliphatic carbocycles. The molecule has 0 bridgehead atoms. The zero-order chi connectivity index (χ0) is 14.0. The summed E-state index contributed by atoms with van der Waals surface area (Å²) in [7, 11) is -3.69. The molecule has 4 nitrogen and oxygen atoms in total. The summed E-state index contributed by atoms with van der Waals surface area (Å²) in [6.45, 7) is 1.62. The lowest BCUT2D eigenvalue weighted by Crippen LogP contribution is -2.04. The molecule has 0 spiro atoms. The van der Waals surface area contributed by atoms with Gasteiger partial charge in [0, 0.05) is 4.90 Å². The lowest BCUT2D eigenvalue weighted by Gasteiger charge is -2.11. The van der Waals surface area contributed by atoms with Crippen LogP contribution in [0.5, 0.6) is 0 Å². The van der Waals surface area contributed by atoms with E-state index in [1.54, 1.807) is 25.1 Å². The molecule has 100 valence electrons. The molecular weight excluding hydrogens is 284 g/mol. The van der Waals surface area contributed by atoms with E-state index in [1.807, 2.05) is 0 Å². The molecule has 0 fully saturated rings. The summed E-state index contributed by atoms with van der Waals surface area (Å²) in [5.41, 5.74) is 0.514. The Kier molecular flexibility index (Phi) is 3.84. The first-order chi connectivity index (χ1) is 8.93. The highest BCUT2D eigenvalue weighted by Gasteiger charge is 2.18. The number of rotatable bonds is 3. The van der Waals surface area contributed by atoms with Gasteiger partial charge >= 0.3 is 0 Å². The highest BCUT2D eigenvalue weighted by molar-refractivity contribution is 7.91. The van der Waals surface area contributed by atoms with E-state index in [-0.39, 0.29) is 14.7 Å². The average molecular weight is 295 g/mol. The fourth-order valence-electron chi connectivity index (χ4n) is 1.66. The van der Waals surface area contributed by atoms with Crippen molar-refractivity contribution >= 4 is 20.9 Å². The van der Waals surface area contributed by atoms with Crippen LogP contribution in [-0.2, 0) is 20.9 Å². The predicted molar refractivity (Wildman–Crippen MR) is 70.3 cm³/mol. The third-order valence-corrected chi connectivity index (χ3v) is 5.27. The van der Waals surface area contributed by atoms with Gasteiger partial charge in [-0.15, -0.1) is 0 Å². The van der Waals surface area contributed by atoms with Crippen molar-refractivity contribution in [2.75, 3.05) is 0 Å². The maximum atomic E-state index is 12.3. The molecule has 1 atom stereocenters. The quantitative estimate of drug-likeness (QED) is 0.812.